The molecule has 2 aromatic carbocycles. The minimum Gasteiger partial charge on any atom is -0.454 e. The predicted octanol–water partition coefficient (Wildman–Crippen LogP) is 3.38. The highest BCUT2D eigenvalue weighted by Crippen LogP contribution is 2.36. The third kappa shape index (κ3) is 5.14. The molecule has 33 heavy (non-hydrogen) atoms. The zero-order valence-corrected chi connectivity index (χ0v) is 18.5. The highest BCUT2D eigenvalue weighted by atomic mass is 35.5. The summed E-state index contributed by atoms with van der Waals surface area (Å²) in [5.41, 5.74) is 1.24. The van der Waals surface area contributed by atoms with E-state index in [1.54, 1.807) is 24.3 Å². The molecule has 0 aromatic heterocycles. The summed E-state index contributed by atoms with van der Waals surface area (Å²) < 4.78 is 5.26. The van der Waals surface area contributed by atoms with Crippen molar-refractivity contribution in [1.29, 1.82) is 0 Å². The van der Waals surface area contributed by atoms with Gasteiger partial charge in [0.1, 0.15) is 6.04 Å². The number of likely N-dealkylation sites (tertiary alicyclic amines) is 1. The van der Waals surface area contributed by atoms with Crippen LogP contribution in [0.25, 0.3) is 0 Å². The van der Waals surface area contributed by atoms with Gasteiger partial charge in [-0.15, -0.1) is 0 Å². The van der Waals surface area contributed by atoms with Crippen LogP contribution in [-0.4, -0.2) is 41.2 Å². The van der Waals surface area contributed by atoms with Crippen LogP contribution in [-0.2, 0) is 30.3 Å². The van der Waals surface area contributed by atoms with Crippen molar-refractivity contribution >= 4 is 41.0 Å². The van der Waals surface area contributed by atoms with Crippen molar-refractivity contribution in [3.63, 3.8) is 0 Å². The lowest BCUT2D eigenvalue weighted by Crippen LogP contribution is -2.48. The average molecular weight is 467 g/mol. The van der Waals surface area contributed by atoms with Crippen molar-refractivity contribution in [2.24, 2.45) is 11.8 Å². The van der Waals surface area contributed by atoms with E-state index < -0.39 is 36.4 Å². The Morgan fingerprint density at radius 2 is 1.67 bits per heavy atom. The van der Waals surface area contributed by atoms with Gasteiger partial charge < -0.3 is 10.1 Å². The maximum absolute atomic E-state index is 13.1. The number of esters is 1. The Labute approximate surface area is 196 Å². The maximum Gasteiger partial charge on any atom is 0.330 e. The summed E-state index contributed by atoms with van der Waals surface area (Å²) in [4.78, 5) is 52.5. The number of benzene rings is 2. The lowest BCUT2D eigenvalue weighted by molar-refractivity contribution is -0.159. The predicted molar refractivity (Wildman–Crippen MR) is 122 cm³/mol. The molecule has 2 aliphatic rings. The molecular weight excluding hydrogens is 444 g/mol. The monoisotopic (exact) mass is 466 g/mol. The van der Waals surface area contributed by atoms with Crippen molar-refractivity contribution in [1.82, 2.24) is 4.90 Å². The molecule has 1 aliphatic heterocycles. The van der Waals surface area contributed by atoms with Crippen molar-refractivity contribution in [3.8, 4) is 0 Å². The van der Waals surface area contributed by atoms with Crippen LogP contribution in [0.5, 0.6) is 0 Å². The van der Waals surface area contributed by atoms with Gasteiger partial charge in [0.15, 0.2) is 6.61 Å². The van der Waals surface area contributed by atoms with Gasteiger partial charge in [-0.2, -0.15) is 0 Å². The lowest BCUT2D eigenvalue weighted by atomic mass is 9.85. The fraction of sp³-hybridized carbons (Fsp3) is 0.280. The van der Waals surface area contributed by atoms with Crippen LogP contribution in [0.4, 0.5) is 5.69 Å². The summed E-state index contributed by atoms with van der Waals surface area (Å²) >= 11 is 5.92. The van der Waals surface area contributed by atoms with E-state index in [0.717, 1.165) is 10.5 Å². The summed E-state index contributed by atoms with van der Waals surface area (Å²) in [6.45, 7) is -0.554. The average Bonchev–Trinajstić information content (AvgIpc) is 3.07. The first-order chi connectivity index (χ1) is 15.9. The second kappa shape index (κ2) is 10.0. The van der Waals surface area contributed by atoms with E-state index in [-0.39, 0.29) is 18.2 Å². The molecular formula is C25H23ClN2O5. The summed E-state index contributed by atoms with van der Waals surface area (Å²) in [6, 6.07) is 14.5. The van der Waals surface area contributed by atoms with Gasteiger partial charge in [-0.05, 0) is 36.6 Å². The largest absolute Gasteiger partial charge is 0.454 e. The molecule has 8 heteroatoms. The van der Waals surface area contributed by atoms with E-state index in [2.05, 4.69) is 5.32 Å². The number of fused-ring (bicyclic) bond motifs is 1. The SMILES string of the molecule is O=C(COC(=O)[C@H](Cc1ccccc1)N1C(=O)[C@H]2CC=CC[C@H]2C1=O)Nc1cccc(Cl)c1. The summed E-state index contributed by atoms with van der Waals surface area (Å²) in [7, 11) is 0. The molecule has 1 aliphatic carbocycles. The Morgan fingerprint density at radius 3 is 2.30 bits per heavy atom. The van der Waals surface area contributed by atoms with Gasteiger partial charge >= 0.3 is 5.97 Å². The Morgan fingerprint density at radius 1 is 1.00 bits per heavy atom. The van der Waals surface area contributed by atoms with Crippen molar-refractivity contribution in [2.45, 2.75) is 25.3 Å². The minimum atomic E-state index is -1.14. The van der Waals surface area contributed by atoms with Crippen LogP contribution < -0.4 is 5.32 Å². The molecule has 0 spiro atoms. The van der Waals surface area contributed by atoms with Gasteiger partial charge in [-0.3, -0.25) is 19.3 Å². The van der Waals surface area contributed by atoms with E-state index in [9.17, 15) is 19.2 Å². The van der Waals surface area contributed by atoms with Crippen LogP contribution in [0.3, 0.4) is 0 Å². The third-order valence-electron chi connectivity index (χ3n) is 5.85. The Balaban J connectivity index is 1.48. The molecule has 4 rings (SSSR count). The van der Waals surface area contributed by atoms with Crippen molar-refractivity contribution in [3.05, 3.63) is 77.3 Å². The standard InChI is InChI=1S/C25H23ClN2O5/c26-17-9-6-10-18(14-17)27-22(29)15-33-25(32)21(13-16-7-2-1-3-8-16)28-23(30)19-11-4-5-12-20(19)24(28)31/h1-10,14,19-21H,11-13,15H2,(H,27,29)/t19-,20+,21-/m0/s1. The van der Waals surface area contributed by atoms with Gasteiger partial charge in [-0.1, -0.05) is 60.2 Å². The van der Waals surface area contributed by atoms with Crippen molar-refractivity contribution in [2.75, 3.05) is 11.9 Å². The van der Waals surface area contributed by atoms with Crippen LogP contribution in [0.2, 0.25) is 5.02 Å². The van der Waals surface area contributed by atoms with Crippen LogP contribution in [0.1, 0.15) is 18.4 Å². The van der Waals surface area contributed by atoms with Crippen LogP contribution in [0, 0.1) is 11.8 Å². The molecule has 0 unspecified atom stereocenters. The van der Waals surface area contributed by atoms with E-state index >= 15 is 0 Å². The number of anilines is 1. The summed E-state index contributed by atoms with van der Waals surface area (Å²) in [5.74, 6) is -3.00. The maximum atomic E-state index is 13.1. The number of allylic oxidation sites excluding steroid dienone is 2. The molecule has 0 radical (unpaired) electrons. The molecule has 1 saturated heterocycles. The van der Waals surface area contributed by atoms with Gasteiger partial charge in [-0.25, -0.2) is 4.79 Å². The zero-order chi connectivity index (χ0) is 23.4. The number of nitrogens with one attached hydrogen (secondary N) is 1. The molecule has 3 atom stereocenters. The zero-order valence-electron chi connectivity index (χ0n) is 17.8. The second-order valence-corrected chi connectivity index (χ2v) is 8.51. The molecule has 0 bridgehead atoms. The molecule has 7 nitrogen and oxygen atoms in total. The Kier molecular flexibility index (Phi) is 6.89. The fourth-order valence-corrected chi connectivity index (χ4v) is 4.44. The number of ether oxygens (including phenoxy) is 1. The molecule has 0 saturated carbocycles. The normalized spacial score (nSPS) is 20.3. The number of imide groups is 1. The lowest BCUT2D eigenvalue weighted by Gasteiger charge is -2.25. The summed E-state index contributed by atoms with van der Waals surface area (Å²) in [5, 5.41) is 3.05. The molecule has 2 aromatic rings. The molecule has 170 valence electrons. The number of rotatable bonds is 7. The highest BCUT2D eigenvalue weighted by Gasteiger charge is 2.51. The van der Waals surface area contributed by atoms with Crippen LogP contribution >= 0.6 is 11.6 Å². The molecule has 1 fully saturated rings. The highest BCUT2D eigenvalue weighted by molar-refractivity contribution is 6.30. The second-order valence-electron chi connectivity index (χ2n) is 8.07. The molecule has 3 amide bonds. The Bertz CT molecular complexity index is 1070. The van der Waals surface area contributed by atoms with Gasteiger partial charge in [0.25, 0.3) is 5.91 Å². The van der Waals surface area contributed by atoms with E-state index in [4.69, 9.17) is 16.3 Å². The minimum absolute atomic E-state index is 0.111. The van der Waals surface area contributed by atoms with E-state index in [1.807, 2.05) is 42.5 Å². The smallest absolute Gasteiger partial charge is 0.330 e. The number of carbonyl (C=O) groups is 4. The fourth-order valence-electron chi connectivity index (χ4n) is 4.25. The van der Waals surface area contributed by atoms with E-state index in [1.165, 1.54) is 0 Å². The van der Waals surface area contributed by atoms with Gasteiger partial charge in [0.05, 0.1) is 11.8 Å². The number of hydrogen-bond donors (Lipinski definition) is 1. The van der Waals surface area contributed by atoms with E-state index in [0.29, 0.717) is 23.6 Å². The quantitative estimate of drug-likeness (QED) is 0.383. The first-order valence-electron chi connectivity index (χ1n) is 10.7. The summed E-state index contributed by atoms with van der Waals surface area (Å²) in [6.07, 6.45) is 4.84. The molecule has 1 N–H and O–H groups in total. The number of hydrogen-bond acceptors (Lipinski definition) is 5. The number of halogens is 1. The number of nitrogens with zero attached hydrogens (tertiary/aromatic N) is 1. The van der Waals surface area contributed by atoms with Gasteiger partial charge in [0.2, 0.25) is 11.8 Å². The Hall–Kier alpha value is -3.45. The first kappa shape index (κ1) is 22.7. The van der Waals surface area contributed by atoms with Crippen molar-refractivity contribution < 1.29 is 23.9 Å². The van der Waals surface area contributed by atoms with Gasteiger partial charge in [0, 0.05) is 17.1 Å². The number of carbonyl (C=O) groups excluding carboxylic acids is 4. The molecule has 1 heterocycles. The number of amides is 3. The third-order valence-corrected chi connectivity index (χ3v) is 6.09. The first-order valence-corrected chi connectivity index (χ1v) is 11.1. The topological polar surface area (TPSA) is 92.8 Å². The van der Waals surface area contributed by atoms with Crippen LogP contribution in [0.15, 0.2) is 66.7 Å².